The lowest BCUT2D eigenvalue weighted by Crippen LogP contribution is -2.44. The van der Waals surface area contributed by atoms with Crippen LogP contribution in [0.1, 0.15) is 124 Å². The average molecular weight is 467 g/mol. The summed E-state index contributed by atoms with van der Waals surface area (Å²) >= 11 is 0. The zero-order chi connectivity index (χ0) is 24.5. The van der Waals surface area contributed by atoms with Gasteiger partial charge in [0.25, 0.3) is 0 Å². The molecule has 0 aromatic rings. The quantitative estimate of drug-likeness (QED) is 0.110. The lowest BCUT2D eigenvalue weighted by molar-refractivity contribution is -0.223. The summed E-state index contributed by atoms with van der Waals surface area (Å²) < 4.78 is 47.9. The molecule has 0 radical (unpaired) electrons. The zero-order valence-corrected chi connectivity index (χ0v) is 20.7. The van der Waals surface area contributed by atoms with Gasteiger partial charge in [-0.25, -0.2) is 0 Å². The van der Waals surface area contributed by atoms with E-state index >= 15 is 0 Å². The Morgan fingerprint density at radius 3 is 1.47 bits per heavy atom. The smallest absolute Gasteiger partial charge is 0.425 e. The number of ether oxygens (including phenoxy) is 2. The molecular weight excluding hydrogens is 421 g/mol. The van der Waals surface area contributed by atoms with Crippen molar-refractivity contribution < 1.29 is 32.2 Å². The number of unbranched alkanes of at least 4 members (excludes halogenated alkanes) is 12. The third-order valence-electron chi connectivity index (χ3n) is 6.21. The second-order valence-corrected chi connectivity index (χ2v) is 8.76. The van der Waals surface area contributed by atoms with Crippen LogP contribution in [0.2, 0.25) is 0 Å². The second kappa shape index (κ2) is 17.2. The highest BCUT2D eigenvalue weighted by atomic mass is 19.4. The van der Waals surface area contributed by atoms with E-state index in [2.05, 4.69) is 11.7 Å². The summed E-state index contributed by atoms with van der Waals surface area (Å²) in [5, 5.41) is 0. The highest BCUT2D eigenvalue weighted by Gasteiger charge is 2.49. The second-order valence-electron chi connectivity index (χ2n) is 8.76. The Morgan fingerprint density at radius 1 is 0.688 bits per heavy atom. The molecular formula is C25H45F3O4. The van der Waals surface area contributed by atoms with Gasteiger partial charge in [0.1, 0.15) is 0 Å². The van der Waals surface area contributed by atoms with Gasteiger partial charge in [0.2, 0.25) is 0 Å². The van der Waals surface area contributed by atoms with Crippen LogP contribution in [0.25, 0.3) is 0 Å². The van der Waals surface area contributed by atoms with Crippen molar-refractivity contribution in [1.82, 2.24) is 0 Å². The van der Waals surface area contributed by atoms with Crippen LogP contribution >= 0.6 is 0 Å². The summed E-state index contributed by atoms with van der Waals surface area (Å²) in [6.45, 7) is 6.31. The number of carbonyl (C=O) groups excluding carboxylic acids is 2. The molecule has 0 heterocycles. The molecule has 0 N–H and O–H groups in total. The molecule has 0 rings (SSSR count). The number of halogens is 3. The normalized spacial score (nSPS) is 13.1. The molecule has 0 aliphatic carbocycles. The predicted octanol–water partition coefficient (Wildman–Crippen LogP) is 7.92. The maximum Gasteiger partial charge on any atom is 0.425 e. The molecule has 0 spiro atoms. The molecule has 7 heteroatoms. The standard InChI is InChI=1S/C25H45F3O4/c1-5-8-9-10-11-12-13-14-15-16-17-18-19-20-31-22(29)24(6-2,7-3)23(30)32-21(4)25(26,27)28/h21H,5-20H2,1-4H3. The number of rotatable bonds is 19. The molecule has 0 bridgehead atoms. The SMILES string of the molecule is CCCCCCCCCCCCCCCOC(=O)C(CC)(CC)C(=O)OC(C)C(F)(F)F. The van der Waals surface area contributed by atoms with E-state index in [-0.39, 0.29) is 19.4 Å². The van der Waals surface area contributed by atoms with Crippen molar-refractivity contribution in [3.63, 3.8) is 0 Å². The van der Waals surface area contributed by atoms with Crippen LogP contribution in [-0.4, -0.2) is 30.8 Å². The Balaban J connectivity index is 4.05. The minimum atomic E-state index is -4.67. The number of hydrogen-bond acceptors (Lipinski definition) is 4. The Bertz CT molecular complexity index is 502. The van der Waals surface area contributed by atoms with Crippen LogP contribution in [0.15, 0.2) is 0 Å². The van der Waals surface area contributed by atoms with Crippen LogP contribution in [-0.2, 0) is 19.1 Å². The van der Waals surface area contributed by atoms with Crippen LogP contribution in [0.5, 0.6) is 0 Å². The summed E-state index contributed by atoms with van der Waals surface area (Å²) in [5.74, 6) is -1.96. The van der Waals surface area contributed by atoms with E-state index in [0.717, 1.165) is 26.2 Å². The van der Waals surface area contributed by atoms with Gasteiger partial charge in [0.05, 0.1) is 6.61 Å². The molecule has 0 aromatic carbocycles. The maximum atomic E-state index is 12.7. The van der Waals surface area contributed by atoms with E-state index in [1.165, 1.54) is 57.8 Å². The van der Waals surface area contributed by atoms with Crippen molar-refractivity contribution in [3.8, 4) is 0 Å². The van der Waals surface area contributed by atoms with Gasteiger partial charge in [0, 0.05) is 0 Å². The zero-order valence-electron chi connectivity index (χ0n) is 20.7. The number of carbonyl (C=O) groups is 2. The Labute approximate surface area is 193 Å². The fourth-order valence-electron chi connectivity index (χ4n) is 3.67. The first-order valence-corrected chi connectivity index (χ1v) is 12.6. The molecule has 0 amide bonds. The van der Waals surface area contributed by atoms with Gasteiger partial charge in [0.15, 0.2) is 11.5 Å². The van der Waals surface area contributed by atoms with E-state index in [1.807, 2.05) is 0 Å². The summed E-state index contributed by atoms with van der Waals surface area (Å²) in [4.78, 5) is 24.9. The lowest BCUT2D eigenvalue weighted by atomic mass is 9.82. The van der Waals surface area contributed by atoms with Crippen LogP contribution in [0, 0.1) is 5.41 Å². The topological polar surface area (TPSA) is 52.6 Å². The first kappa shape index (κ1) is 30.7. The van der Waals surface area contributed by atoms with E-state index in [1.54, 1.807) is 13.8 Å². The molecule has 0 saturated heterocycles. The molecule has 0 aliphatic rings. The summed E-state index contributed by atoms with van der Waals surface area (Å²) in [5.41, 5.74) is -1.68. The first-order valence-electron chi connectivity index (χ1n) is 12.6. The van der Waals surface area contributed by atoms with Gasteiger partial charge in [-0.2, -0.15) is 13.2 Å². The summed E-state index contributed by atoms with van der Waals surface area (Å²) in [7, 11) is 0. The van der Waals surface area contributed by atoms with Crippen molar-refractivity contribution in [2.45, 2.75) is 136 Å². The van der Waals surface area contributed by atoms with Crippen molar-refractivity contribution in [2.24, 2.45) is 5.41 Å². The summed E-state index contributed by atoms with van der Waals surface area (Å²) in [6, 6.07) is 0. The Kier molecular flexibility index (Phi) is 16.6. The minimum absolute atomic E-state index is 0.0321. The van der Waals surface area contributed by atoms with Gasteiger partial charge in [-0.3, -0.25) is 9.59 Å². The van der Waals surface area contributed by atoms with Crippen molar-refractivity contribution in [3.05, 3.63) is 0 Å². The molecule has 0 saturated carbocycles. The van der Waals surface area contributed by atoms with Crippen LogP contribution in [0.4, 0.5) is 13.2 Å². The van der Waals surface area contributed by atoms with Crippen LogP contribution < -0.4 is 0 Å². The molecule has 1 atom stereocenters. The third kappa shape index (κ3) is 12.1. The predicted molar refractivity (Wildman–Crippen MR) is 121 cm³/mol. The monoisotopic (exact) mass is 466 g/mol. The third-order valence-corrected chi connectivity index (χ3v) is 6.21. The molecule has 0 fully saturated rings. The number of alkyl halides is 3. The molecule has 0 aromatic heterocycles. The van der Waals surface area contributed by atoms with Crippen molar-refractivity contribution >= 4 is 11.9 Å². The van der Waals surface area contributed by atoms with Crippen molar-refractivity contribution in [1.29, 1.82) is 0 Å². The lowest BCUT2D eigenvalue weighted by Gasteiger charge is -2.29. The van der Waals surface area contributed by atoms with E-state index in [0.29, 0.717) is 6.42 Å². The van der Waals surface area contributed by atoms with Gasteiger partial charge in [-0.15, -0.1) is 0 Å². The number of hydrogen-bond donors (Lipinski definition) is 0. The average Bonchev–Trinajstić information content (AvgIpc) is 2.74. The largest absolute Gasteiger partial charge is 0.465 e. The van der Waals surface area contributed by atoms with Gasteiger partial charge in [-0.1, -0.05) is 97.8 Å². The van der Waals surface area contributed by atoms with E-state index < -0.39 is 29.6 Å². The molecule has 1 unspecified atom stereocenters. The highest BCUT2D eigenvalue weighted by Crippen LogP contribution is 2.33. The highest BCUT2D eigenvalue weighted by molar-refractivity contribution is 6.00. The van der Waals surface area contributed by atoms with E-state index in [4.69, 9.17) is 4.74 Å². The van der Waals surface area contributed by atoms with Gasteiger partial charge < -0.3 is 9.47 Å². The molecule has 32 heavy (non-hydrogen) atoms. The molecule has 4 nitrogen and oxygen atoms in total. The minimum Gasteiger partial charge on any atom is -0.465 e. The molecule has 190 valence electrons. The fraction of sp³-hybridized carbons (Fsp3) is 0.920. The van der Waals surface area contributed by atoms with Gasteiger partial charge in [-0.05, 0) is 26.2 Å². The van der Waals surface area contributed by atoms with Crippen LogP contribution in [0.3, 0.4) is 0 Å². The Hall–Kier alpha value is -1.27. The number of esters is 2. The Morgan fingerprint density at radius 2 is 1.09 bits per heavy atom. The van der Waals surface area contributed by atoms with Crippen molar-refractivity contribution in [2.75, 3.05) is 6.61 Å². The van der Waals surface area contributed by atoms with E-state index in [9.17, 15) is 22.8 Å². The summed E-state index contributed by atoms with van der Waals surface area (Å²) in [6.07, 6.45) is 8.71. The fourth-order valence-corrected chi connectivity index (χ4v) is 3.67. The maximum absolute atomic E-state index is 12.7. The van der Waals surface area contributed by atoms with Gasteiger partial charge >= 0.3 is 18.1 Å². The first-order chi connectivity index (χ1) is 15.2. The molecule has 0 aliphatic heterocycles.